The standard InChI is InChI=1S/C19H18FN5O3S/c20-12-1-3-13(4-2-12)25-17-15(10-21-25)18(27)24-14(11-29-19(24)22-17)9-16(26)23-5-7-28-8-6-23/h1-4,10,14H,5-9,11H2/t14-/m0/s1. The minimum Gasteiger partial charge on any atom is -0.378 e. The largest absolute Gasteiger partial charge is 0.378 e. The number of thioether (sulfide) groups is 1. The van der Waals surface area contributed by atoms with Gasteiger partial charge in [-0.05, 0) is 24.3 Å². The molecule has 0 bridgehead atoms. The molecular weight excluding hydrogens is 397 g/mol. The third-order valence-corrected chi connectivity index (χ3v) is 6.31. The van der Waals surface area contributed by atoms with Crippen molar-refractivity contribution in [1.29, 1.82) is 0 Å². The van der Waals surface area contributed by atoms with Crippen molar-refractivity contribution in [2.24, 2.45) is 0 Å². The monoisotopic (exact) mass is 415 g/mol. The Morgan fingerprint density at radius 2 is 2.00 bits per heavy atom. The first-order valence-electron chi connectivity index (χ1n) is 9.36. The lowest BCUT2D eigenvalue weighted by molar-refractivity contribution is -0.135. The lowest BCUT2D eigenvalue weighted by Gasteiger charge is -2.28. The Balaban J connectivity index is 1.48. The quantitative estimate of drug-likeness (QED) is 0.605. The van der Waals surface area contributed by atoms with Gasteiger partial charge in [-0.1, -0.05) is 11.8 Å². The number of amides is 1. The highest BCUT2D eigenvalue weighted by molar-refractivity contribution is 7.99. The van der Waals surface area contributed by atoms with Crippen LogP contribution in [0.15, 0.2) is 40.4 Å². The second-order valence-electron chi connectivity index (χ2n) is 7.00. The van der Waals surface area contributed by atoms with Gasteiger partial charge in [-0.25, -0.2) is 14.1 Å². The molecule has 10 heteroatoms. The van der Waals surface area contributed by atoms with Crippen LogP contribution in [0.25, 0.3) is 16.7 Å². The van der Waals surface area contributed by atoms with Crippen molar-refractivity contribution >= 4 is 28.7 Å². The predicted molar refractivity (Wildman–Crippen MR) is 105 cm³/mol. The molecule has 1 amide bonds. The second kappa shape index (κ2) is 7.27. The van der Waals surface area contributed by atoms with Gasteiger partial charge in [0, 0.05) is 25.3 Å². The summed E-state index contributed by atoms with van der Waals surface area (Å²) < 4.78 is 21.7. The molecule has 0 unspecified atom stereocenters. The van der Waals surface area contributed by atoms with Gasteiger partial charge in [-0.3, -0.25) is 14.2 Å². The number of halogens is 1. The van der Waals surface area contributed by atoms with Crippen molar-refractivity contribution in [3.63, 3.8) is 0 Å². The molecule has 1 saturated heterocycles. The Bertz CT molecular complexity index is 1140. The van der Waals surface area contributed by atoms with Gasteiger partial charge in [0.2, 0.25) is 5.91 Å². The molecule has 0 aliphatic carbocycles. The first kappa shape index (κ1) is 18.3. The topological polar surface area (TPSA) is 82.2 Å². The number of ether oxygens (including phenoxy) is 1. The summed E-state index contributed by atoms with van der Waals surface area (Å²) in [6.45, 7) is 2.27. The van der Waals surface area contributed by atoms with Crippen molar-refractivity contribution < 1.29 is 13.9 Å². The number of fused-ring (bicyclic) bond motifs is 2. The highest BCUT2D eigenvalue weighted by Gasteiger charge is 2.31. The number of rotatable bonds is 3. The average molecular weight is 415 g/mol. The number of carbonyl (C=O) groups excluding carboxylic acids is 1. The third-order valence-electron chi connectivity index (χ3n) is 5.22. The molecule has 29 heavy (non-hydrogen) atoms. The van der Waals surface area contributed by atoms with E-state index in [1.165, 1.54) is 34.8 Å². The summed E-state index contributed by atoms with van der Waals surface area (Å²) in [5.74, 6) is 0.303. The number of hydrogen-bond donors (Lipinski definition) is 0. The van der Waals surface area contributed by atoms with E-state index in [0.29, 0.717) is 53.9 Å². The van der Waals surface area contributed by atoms with E-state index in [0.717, 1.165) is 0 Å². The Kier molecular flexibility index (Phi) is 4.59. The normalized spacial score (nSPS) is 18.9. The average Bonchev–Trinajstić information content (AvgIpc) is 3.34. The molecule has 0 spiro atoms. The minimum atomic E-state index is -0.345. The van der Waals surface area contributed by atoms with Crippen LogP contribution in [-0.2, 0) is 9.53 Å². The zero-order valence-corrected chi connectivity index (χ0v) is 16.3. The van der Waals surface area contributed by atoms with Gasteiger partial charge < -0.3 is 9.64 Å². The summed E-state index contributed by atoms with van der Waals surface area (Å²) in [5, 5.41) is 5.23. The van der Waals surface area contributed by atoms with Crippen LogP contribution in [-0.4, -0.2) is 62.2 Å². The Labute approximate surface area is 169 Å². The van der Waals surface area contributed by atoms with Gasteiger partial charge >= 0.3 is 0 Å². The Hall–Kier alpha value is -2.72. The highest BCUT2D eigenvalue weighted by Crippen LogP contribution is 2.33. The summed E-state index contributed by atoms with van der Waals surface area (Å²) in [6.07, 6.45) is 1.74. The van der Waals surface area contributed by atoms with E-state index in [1.807, 2.05) is 0 Å². The van der Waals surface area contributed by atoms with Crippen LogP contribution in [0.2, 0.25) is 0 Å². The van der Waals surface area contributed by atoms with Crippen LogP contribution in [0.5, 0.6) is 0 Å². The maximum Gasteiger partial charge on any atom is 0.265 e. The van der Waals surface area contributed by atoms with E-state index in [9.17, 15) is 14.0 Å². The van der Waals surface area contributed by atoms with Crippen LogP contribution >= 0.6 is 11.8 Å². The number of hydrogen-bond acceptors (Lipinski definition) is 6. The summed E-state index contributed by atoms with van der Waals surface area (Å²) in [5.41, 5.74) is 0.851. The van der Waals surface area contributed by atoms with Crippen LogP contribution < -0.4 is 5.56 Å². The number of nitrogens with zero attached hydrogens (tertiary/aromatic N) is 5. The molecule has 2 aliphatic rings. The molecule has 1 atom stereocenters. The van der Waals surface area contributed by atoms with Gasteiger partial charge in [0.25, 0.3) is 5.56 Å². The van der Waals surface area contributed by atoms with E-state index in [1.54, 1.807) is 21.6 Å². The van der Waals surface area contributed by atoms with E-state index < -0.39 is 0 Å². The summed E-state index contributed by atoms with van der Waals surface area (Å²) in [7, 11) is 0. The zero-order chi connectivity index (χ0) is 20.0. The fourth-order valence-corrected chi connectivity index (χ4v) is 4.83. The van der Waals surface area contributed by atoms with Crippen molar-refractivity contribution in [3.05, 3.63) is 46.6 Å². The molecule has 2 aromatic heterocycles. The molecule has 4 heterocycles. The fourth-order valence-electron chi connectivity index (χ4n) is 3.70. The molecule has 5 rings (SSSR count). The van der Waals surface area contributed by atoms with Crippen molar-refractivity contribution in [3.8, 4) is 5.69 Å². The number of aromatic nitrogens is 4. The van der Waals surface area contributed by atoms with Crippen LogP contribution in [0.3, 0.4) is 0 Å². The lowest BCUT2D eigenvalue weighted by Crippen LogP contribution is -2.42. The molecule has 0 N–H and O–H groups in total. The van der Waals surface area contributed by atoms with E-state index >= 15 is 0 Å². The smallest absolute Gasteiger partial charge is 0.265 e. The molecular formula is C19H18FN5O3S. The Morgan fingerprint density at radius 3 is 2.76 bits per heavy atom. The van der Waals surface area contributed by atoms with Gasteiger partial charge in [0.1, 0.15) is 11.2 Å². The third kappa shape index (κ3) is 3.22. The van der Waals surface area contributed by atoms with E-state index in [-0.39, 0.29) is 29.7 Å². The van der Waals surface area contributed by atoms with Crippen molar-refractivity contribution in [1.82, 2.24) is 24.2 Å². The summed E-state index contributed by atoms with van der Waals surface area (Å²) in [4.78, 5) is 32.2. The number of benzene rings is 1. The first-order valence-corrected chi connectivity index (χ1v) is 10.3. The summed E-state index contributed by atoms with van der Waals surface area (Å²) in [6, 6.07) is 5.62. The van der Waals surface area contributed by atoms with Gasteiger partial charge in [0.05, 0.1) is 31.1 Å². The molecule has 0 radical (unpaired) electrons. The predicted octanol–water partition coefficient (Wildman–Crippen LogP) is 1.62. The molecule has 1 fully saturated rings. The molecule has 0 saturated carbocycles. The van der Waals surface area contributed by atoms with E-state index in [4.69, 9.17) is 4.74 Å². The summed E-state index contributed by atoms with van der Waals surface area (Å²) >= 11 is 1.46. The van der Waals surface area contributed by atoms with Gasteiger partial charge in [-0.15, -0.1) is 0 Å². The number of carbonyl (C=O) groups is 1. The van der Waals surface area contributed by atoms with Crippen molar-refractivity contribution in [2.45, 2.75) is 17.6 Å². The zero-order valence-electron chi connectivity index (χ0n) is 15.5. The second-order valence-corrected chi connectivity index (χ2v) is 7.99. The first-order chi connectivity index (χ1) is 14.1. The lowest BCUT2D eigenvalue weighted by atomic mass is 10.2. The van der Waals surface area contributed by atoms with Crippen LogP contribution in [0.4, 0.5) is 4.39 Å². The highest BCUT2D eigenvalue weighted by atomic mass is 32.2. The van der Waals surface area contributed by atoms with Crippen LogP contribution in [0, 0.1) is 5.82 Å². The van der Waals surface area contributed by atoms with Gasteiger partial charge in [-0.2, -0.15) is 5.10 Å². The molecule has 8 nitrogen and oxygen atoms in total. The fraction of sp³-hybridized carbons (Fsp3) is 0.368. The molecule has 150 valence electrons. The SMILES string of the molecule is O=C(C[C@H]1CSc2nc3c(cnn3-c3ccc(F)cc3)c(=O)n21)N1CCOCC1. The molecule has 3 aromatic rings. The minimum absolute atomic E-state index is 0.0285. The maximum absolute atomic E-state index is 13.2. The van der Waals surface area contributed by atoms with E-state index in [2.05, 4.69) is 10.1 Å². The van der Waals surface area contributed by atoms with Crippen molar-refractivity contribution in [2.75, 3.05) is 32.1 Å². The molecule has 1 aromatic carbocycles. The number of morpholine rings is 1. The maximum atomic E-state index is 13.2. The molecule has 2 aliphatic heterocycles. The van der Waals surface area contributed by atoms with Crippen LogP contribution in [0.1, 0.15) is 12.5 Å². The Morgan fingerprint density at radius 1 is 1.24 bits per heavy atom. The van der Waals surface area contributed by atoms with Gasteiger partial charge in [0.15, 0.2) is 10.8 Å².